The lowest BCUT2D eigenvalue weighted by atomic mass is 9.99. The van der Waals surface area contributed by atoms with E-state index < -0.39 is 0 Å². The van der Waals surface area contributed by atoms with Crippen molar-refractivity contribution in [3.8, 4) is 0 Å². The summed E-state index contributed by atoms with van der Waals surface area (Å²) in [6.07, 6.45) is 1.57. The first-order valence-corrected chi connectivity index (χ1v) is 8.31. The van der Waals surface area contributed by atoms with Crippen molar-refractivity contribution < 1.29 is 9.59 Å². The molecule has 5 heteroatoms. The molecule has 0 bridgehead atoms. The molecule has 23 heavy (non-hydrogen) atoms. The zero-order valence-electron chi connectivity index (χ0n) is 14.2. The maximum Gasteiger partial charge on any atom is 0.251 e. The second-order valence-electron chi connectivity index (χ2n) is 6.54. The van der Waals surface area contributed by atoms with Gasteiger partial charge in [-0.15, -0.1) is 0 Å². The highest BCUT2D eigenvalue weighted by molar-refractivity contribution is 5.95. The molecule has 5 nitrogen and oxygen atoms in total. The van der Waals surface area contributed by atoms with E-state index in [1.165, 1.54) is 0 Å². The summed E-state index contributed by atoms with van der Waals surface area (Å²) in [5.74, 6) is -0.0754. The van der Waals surface area contributed by atoms with Crippen LogP contribution in [-0.4, -0.2) is 41.9 Å². The van der Waals surface area contributed by atoms with E-state index >= 15 is 0 Å². The van der Waals surface area contributed by atoms with Gasteiger partial charge in [-0.1, -0.05) is 25.1 Å². The summed E-state index contributed by atoms with van der Waals surface area (Å²) in [6, 6.07) is 7.56. The minimum atomic E-state index is -0.159. The van der Waals surface area contributed by atoms with Crippen LogP contribution >= 0.6 is 0 Å². The number of hydrogen-bond donors (Lipinski definition) is 2. The van der Waals surface area contributed by atoms with Gasteiger partial charge in [0.2, 0.25) is 5.91 Å². The minimum Gasteiger partial charge on any atom is -0.349 e. The second-order valence-corrected chi connectivity index (χ2v) is 6.54. The Kier molecular flexibility index (Phi) is 5.77. The maximum atomic E-state index is 12.3. The van der Waals surface area contributed by atoms with Gasteiger partial charge >= 0.3 is 0 Å². The number of aryl methyl sites for hydroxylation is 1. The number of carbonyl (C=O) groups excluding carboxylic acids is 2. The van der Waals surface area contributed by atoms with Gasteiger partial charge in [-0.3, -0.25) is 9.59 Å². The third-order valence-electron chi connectivity index (χ3n) is 4.71. The average Bonchev–Trinajstić information content (AvgIpc) is 2.54. The molecule has 1 fully saturated rings. The van der Waals surface area contributed by atoms with Crippen molar-refractivity contribution in [3.05, 3.63) is 35.4 Å². The van der Waals surface area contributed by atoms with E-state index in [-0.39, 0.29) is 29.8 Å². The van der Waals surface area contributed by atoms with Gasteiger partial charge in [0.15, 0.2) is 0 Å². The zero-order valence-corrected chi connectivity index (χ0v) is 14.2. The molecule has 1 saturated heterocycles. The van der Waals surface area contributed by atoms with E-state index in [9.17, 15) is 9.59 Å². The summed E-state index contributed by atoms with van der Waals surface area (Å²) >= 11 is 0. The fourth-order valence-corrected chi connectivity index (χ4v) is 2.85. The van der Waals surface area contributed by atoms with E-state index in [0.717, 1.165) is 24.0 Å². The normalized spacial score (nSPS) is 18.3. The first-order valence-electron chi connectivity index (χ1n) is 8.31. The van der Waals surface area contributed by atoms with Gasteiger partial charge in [0.05, 0.1) is 5.92 Å². The molecule has 1 heterocycles. The summed E-state index contributed by atoms with van der Waals surface area (Å²) in [6.45, 7) is 7.02. The highest BCUT2D eigenvalue weighted by Crippen LogP contribution is 2.16. The molecular weight excluding hydrogens is 290 g/mol. The molecule has 0 radical (unpaired) electrons. The Balaban J connectivity index is 1.87. The van der Waals surface area contributed by atoms with Crippen molar-refractivity contribution in [2.75, 3.05) is 13.1 Å². The number of nitrogens with one attached hydrogen (secondary N) is 1. The number of hydrogen-bond acceptors (Lipinski definition) is 3. The van der Waals surface area contributed by atoms with Crippen molar-refractivity contribution >= 4 is 11.8 Å². The van der Waals surface area contributed by atoms with Gasteiger partial charge in [-0.05, 0) is 38.3 Å². The standard InChI is InChI=1S/C18H27N3O2/c1-12-6-4-5-7-16(12)17(22)20-15-8-10-21(11-9-15)18(23)13(2)14(3)19/h4-7,13-15H,8-11,19H2,1-3H3,(H,20,22). The van der Waals surface area contributed by atoms with Crippen molar-refractivity contribution in [3.63, 3.8) is 0 Å². The first-order chi connectivity index (χ1) is 10.9. The molecule has 3 N–H and O–H groups in total. The molecule has 1 aliphatic rings. The van der Waals surface area contributed by atoms with Crippen LogP contribution in [0, 0.1) is 12.8 Å². The summed E-state index contributed by atoms with van der Waals surface area (Å²) in [4.78, 5) is 26.5. The van der Waals surface area contributed by atoms with E-state index in [2.05, 4.69) is 5.32 Å². The Labute approximate surface area is 138 Å². The van der Waals surface area contributed by atoms with Crippen LogP contribution in [0.3, 0.4) is 0 Å². The Morgan fingerprint density at radius 3 is 2.39 bits per heavy atom. The largest absolute Gasteiger partial charge is 0.349 e. The van der Waals surface area contributed by atoms with Gasteiger partial charge in [-0.25, -0.2) is 0 Å². The monoisotopic (exact) mass is 317 g/mol. The van der Waals surface area contributed by atoms with Crippen LogP contribution in [0.5, 0.6) is 0 Å². The smallest absolute Gasteiger partial charge is 0.251 e. The number of likely N-dealkylation sites (tertiary alicyclic amines) is 1. The Bertz CT molecular complexity index is 563. The zero-order chi connectivity index (χ0) is 17.0. The summed E-state index contributed by atoms with van der Waals surface area (Å²) in [5, 5.41) is 3.09. The molecule has 2 amide bonds. The van der Waals surface area contributed by atoms with Crippen LogP contribution in [0.15, 0.2) is 24.3 Å². The minimum absolute atomic E-state index is 0.0307. The number of carbonyl (C=O) groups is 2. The van der Waals surface area contributed by atoms with Crippen LogP contribution in [0.2, 0.25) is 0 Å². The quantitative estimate of drug-likeness (QED) is 0.887. The topological polar surface area (TPSA) is 75.4 Å². The molecule has 1 aromatic rings. The molecule has 0 aliphatic carbocycles. The van der Waals surface area contributed by atoms with E-state index in [0.29, 0.717) is 13.1 Å². The number of nitrogens with zero attached hydrogens (tertiary/aromatic N) is 1. The van der Waals surface area contributed by atoms with Crippen molar-refractivity contribution in [1.82, 2.24) is 10.2 Å². The van der Waals surface area contributed by atoms with Gasteiger partial charge in [-0.2, -0.15) is 0 Å². The summed E-state index contributed by atoms with van der Waals surface area (Å²) < 4.78 is 0. The Morgan fingerprint density at radius 2 is 1.83 bits per heavy atom. The highest BCUT2D eigenvalue weighted by Gasteiger charge is 2.28. The fraction of sp³-hybridized carbons (Fsp3) is 0.556. The fourth-order valence-electron chi connectivity index (χ4n) is 2.85. The molecule has 126 valence electrons. The van der Waals surface area contributed by atoms with E-state index in [1.54, 1.807) is 0 Å². The summed E-state index contributed by atoms with van der Waals surface area (Å²) in [5.41, 5.74) is 7.51. The van der Waals surface area contributed by atoms with Crippen molar-refractivity contribution in [2.45, 2.75) is 45.7 Å². The number of piperidine rings is 1. The SMILES string of the molecule is Cc1ccccc1C(=O)NC1CCN(C(=O)C(C)C(C)N)CC1. The predicted molar refractivity (Wildman–Crippen MR) is 91.1 cm³/mol. The van der Waals surface area contributed by atoms with Gasteiger partial charge in [0.1, 0.15) is 0 Å². The lowest BCUT2D eigenvalue weighted by Crippen LogP contribution is -2.49. The first kappa shape index (κ1) is 17.5. The molecule has 0 aromatic heterocycles. The van der Waals surface area contributed by atoms with Crippen LogP contribution in [0.25, 0.3) is 0 Å². The number of nitrogens with two attached hydrogens (primary N) is 1. The lowest BCUT2D eigenvalue weighted by Gasteiger charge is -2.34. The molecule has 2 atom stereocenters. The van der Waals surface area contributed by atoms with E-state index in [4.69, 9.17) is 5.73 Å². The van der Waals surface area contributed by atoms with Crippen LogP contribution in [-0.2, 0) is 4.79 Å². The molecule has 2 unspecified atom stereocenters. The predicted octanol–water partition coefficient (Wildman–Crippen LogP) is 1.70. The van der Waals surface area contributed by atoms with Gasteiger partial charge in [0, 0.05) is 30.7 Å². The Morgan fingerprint density at radius 1 is 1.22 bits per heavy atom. The summed E-state index contributed by atoms with van der Waals surface area (Å²) in [7, 11) is 0. The van der Waals surface area contributed by atoms with Crippen LogP contribution in [0.1, 0.15) is 42.6 Å². The van der Waals surface area contributed by atoms with E-state index in [1.807, 2.05) is 49.9 Å². The molecule has 0 spiro atoms. The molecular formula is C18H27N3O2. The van der Waals surface area contributed by atoms with Crippen molar-refractivity contribution in [1.29, 1.82) is 0 Å². The number of benzene rings is 1. The molecule has 1 aliphatic heterocycles. The lowest BCUT2D eigenvalue weighted by molar-refractivity contribution is -0.136. The highest BCUT2D eigenvalue weighted by atomic mass is 16.2. The number of amides is 2. The van der Waals surface area contributed by atoms with Crippen LogP contribution in [0.4, 0.5) is 0 Å². The number of rotatable bonds is 4. The average molecular weight is 317 g/mol. The second kappa shape index (κ2) is 7.59. The Hall–Kier alpha value is -1.88. The molecule has 2 rings (SSSR count). The van der Waals surface area contributed by atoms with Gasteiger partial charge < -0.3 is 16.0 Å². The maximum absolute atomic E-state index is 12.3. The molecule has 0 saturated carbocycles. The van der Waals surface area contributed by atoms with Crippen molar-refractivity contribution in [2.24, 2.45) is 11.7 Å². The third kappa shape index (κ3) is 4.32. The molecule has 1 aromatic carbocycles. The van der Waals surface area contributed by atoms with Gasteiger partial charge in [0.25, 0.3) is 5.91 Å². The third-order valence-corrected chi connectivity index (χ3v) is 4.71. The van der Waals surface area contributed by atoms with Crippen LogP contribution < -0.4 is 11.1 Å².